The van der Waals surface area contributed by atoms with Crippen LogP contribution in [-0.4, -0.2) is 81.3 Å². The average molecular weight is 611 g/mol. The van der Waals surface area contributed by atoms with E-state index in [-0.39, 0.29) is 48.0 Å². The van der Waals surface area contributed by atoms with Gasteiger partial charge in [-0.3, -0.25) is 9.52 Å². The summed E-state index contributed by atoms with van der Waals surface area (Å²) >= 11 is 0. The standard InChI is InChI=1S/C31H38N4O7S/c1-21-18-35(22(2)20-36)30(37)17-23-16-25(33-43(39,40)27-8-6-5-7-9-27)12-15-28(23)42-29(21)19-34(3)31(38)32-24-10-13-26(41-4)14-11-24/h5-16,21-22,29,33,36H,17-20H2,1-4H3,(H,32,38)/t21-,22-,29+/m1/s1. The summed E-state index contributed by atoms with van der Waals surface area (Å²) in [5.41, 5.74) is 1.36. The van der Waals surface area contributed by atoms with Crippen LogP contribution in [0.15, 0.2) is 77.7 Å². The number of fused-ring (bicyclic) bond motifs is 1. The van der Waals surface area contributed by atoms with Gasteiger partial charge in [0.2, 0.25) is 5.91 Å². The first-order valence-electron chi connectivity index (χ1n) is 13.9. The molecule has 0 saturated carbocycles. The molecule has 12 heteroatoms. The molecule has 230 valence electrons. The zero-order chi connectivity index (χ0) is 31.1. The second-order valence-corrected chi connectivity index (χ2v) is 12.4. The van der Waals surface area contributed by atoms with E-state index in [4.69, 9.17) is 9.47 Å². The van der Waals surface area contributed by atoms with Gasteiger partial charge in [0, 0.05) is 36.4 Å². The number of methoxy groups -OCH3 is 1. The van der Waals surface area contributed by atoms with Gasteiger partial charge in [0.1, 0.15) is 17.6 Å². The van der Waals surface area contributed by atoms with Gasteiger partial charge in [-0.05, 0) is 61.5 Å². The number of nitrogens with one attached hydrogen (secondary N) is 2. The normalized spacial score (nSPS) is 17.8. The van der Waals surface area contributed by atoms with Crippen molar-refractivity contribution in [3.05, 3.63) is 78.4 Å². The van der Waals surface area contributed by atoms with Crippen molar-refractivity contribution in [1.29, 1.82) is 0 Å². The Morgan fingerprint density at radius 3 is 2.44 bits per heavy atom. The molecule has 0 unspecified atom stereocenters. The van der Waals surface area contributed by atoms with Crippen LogP contribution in [0.1, 0.15) is 19.4 Å². The van der Waals surface area contributed by atoms with Crippen LogP contribution >= 0.6 is 0 Å². The number of sulfonamides is 1. The molecule has 0 saturated heterocycles. The number of anilines is 2. The van der Waals surface area contributed by atoms with Gasteiger partial charge in [-0.25, -0.2) is 13.2 Å². The maximum Gasteiger partial charge on any atom is 0.321 e. The number of urea groups is 1. The third kappa shape index (κ3) is 7.96. The number of hydrogen-bond donors (Lipinski definition) is 3. The SMILES string of the molecule is COc1ccc(NC(=O)N(C)C[C@@H]2Oc3ccc(NS(=O)(=O)c4ccccc4)cc3CC(=O)N([C@H](C)CO)C[C@H]2C)cc1. The summed E-state index contributed by atoms with van der Waals surface area (Å²) in [5.74, 6) is 0.629. The molecule has 3 N–H and O–H groups in total. The number of amides is 3. The lowest BCUT2D eigenvalue weighted by Gasteiger charge is -2.34. The lowest BCUT2D eigenvalue weighted by atomic mass is 10.0. The van der Waals surface area contributed by atoms with Crippen LogP contribution in [0.5, 0.6) is 11.5 Å². The van der Waals surface area contributed by atoms with Crippen molar-refractivity contribution in [2.75, 3.05) is 43.9 Å². The smallest absolute Gasteiger partial charge is 0.321 e. The van der Waals surface area contributed by atoms with Gasteiger partial charge < -0.3 is 29.7 Å². The highest BCUT2D eigenvalue weighted by Crippen LogP contribution is 2.30. The summed E-state index contributed by atoms with van der Waals surface area (Å²) in [5, 5.41) is 12.7. The van der Waals surface area contributed by atoms with Crippen molar-refractivity contribution >= 4 is 33.3 Å². The predicted octanol–water partition coefficient (Wildman–Crippen LogP) is 3.81. The summed E-state index contributed by atoms with van der Waals surface area (Å²) in [6.07, 6.45) is -0.593. The predicted molar refractivity (Wildman–Crippen MR) is 164 cm³/mol. The Labute approximate surface area is 252 Å². The van der Waals surface area contributed by atoms with E-state index in [2.05, 4.69) is 10.0 Å². The van der Waals surface area contributed by atoms with Crippen LogP contribution in [-0.2, 0) is 21.2 Å². The number of carbonyl (C=O) groups is 2. The van der Waals surface area contributed by atoms with E-state index in [1.165, 1.54) is 17.0 Å². The molecule has 3 amide bonds. The van der Waals surface area contributed by atoms with Gasteiger partial charge in [-0.15, -0.1) is 0 Å². The molecule has 1 heterocycles. The van der Waals surface area contributed by atoms with Gasteiger partial charge in [0.05, 0.1) is 37.6 Å². The van der Waals surface area contributed by atoms with Crippen LogP contribution in [0.25, 0.3) is 0 Å². The molecular weight excluding hydrogens is 572 g/mol. The van der Waals surface area contributed by atoms with Gasteiger partial charge in [-0.1, -0.05) is 25.1 Å². The van der Waals surface area contributed by atoms with Crippen LogP contribution < -0.4 is 19.5 Å². The molecule has 3 aromatic carbocycles. The highest BCUT2D eigenvalue weighted by atomic mass is 32.2. The summed E-state index contributed by atoms with van der Waals surface area (Å²) < 4.78 is 40.1. The number of hydrogen-bond acceptors (Lipinski definition) is 7. The summed E-state index contributed by atoms with van der Waals surface area (Å²) in [6, 6.07) is 19.0. The number of likely N-dealkylation sites (N-methyl/N-ethyl adjacent to an activating group) is 1. The average Bonchev–Trinajstić information content (AvgIpc) is 3.04. The second-order valence-electron chi connectivity index (χ2n) is 10.7. The Balaban J connectivity index is 1.59. The largest absolute Gasteiger partial charge is 0.497 e. The fourth-order valence-corrected chi connectivity index (χ4v) is 5.84. The van der Waals surface area contributed by atoms with Crippen molar-refractivity contribution in [2.45, 2.75) is 37.3 Å². The number of carbonyl (C=O) groups excluding carboxylic acids is 2. The van der Waals surface area contributed by atoms with Gasteiger partial charge in [0.25, 0.3) is 10.0 Å². The number of benzene rings is 3. The number of rotatable bonds is 9. The molecule has 0 aromatic heterocycles. The number of ether oxygens (including phenoxy) is 2. The minimum atomic E-state index is -3.86. The van der Waals surface area contributed by atoms with E-state index < -0.39 is 22.2 Å². The summed E-state index contributed by atoms with van der Waals surface area (Å²) in [6.45, 7) is 3.95. The first kappa shape index (κ1) is 31.6. The van der Waals surface area contributed by atoms with E-state index in [0.717, 1.165) is 0 Å². The van der Waals surface area contributed by atoms with Gasteiger partial charge in [0.15, 0.2) is 0 Å². The quantitative estimate of drug-likeness (QED) is 0.335. The molecule has 0 fully saturated rings. The fraction of sp³-hybridized carbons (Fsp3) is 0.355. The third-order valence-corrected chi connectivity index (χ3v) is 8.76. The summed E-state index contributed by atoms with van der Waals surface area (Å²) in [4.78, 5) is 29.7. The van der Waals surface area contributed by atoms with Gasteiger partial charge in [-0.2, -0.15) is 0 Å². The molecule has 0 aliphatic carbocycles. The molecule has 43 heavy (non-hydrogen) atoms. The van der Waals surface area contributed by atoms with Crippen molar-refractivity contribution < 1.29 is 32.6 Å². The van der Waals surface area contributed by atoms with Crippen molar-refractivity contribution in [3.8, 4) is 11.5 Å². The van der Waals surface area contributed by atoms with E-state index in [1.807, 2.05) is 6.92 Å². The molecular formula is C31H38N4O7S. The Morgan fingerprint density at radius 1 is 1.12 bits per heavy atom. The minimum Gasteiger partial charge on any atom is -0.497 e. The zero-order valence-corrected chi connectivity index (χ0v) is 25.5. The topological polar surface area (TPSA) is 138 Å². The molecule has 4 rings (SSSR count). The van der Waals surface area contributed by atoms with E-state index in [0.29, 0.717) is 29.3 Å². The molecule has 3 atom stereocenters. The molecule has 11 nitrogen and oxygen atoms in total. The van der Waals surface area contributed by atoms with Crippen LogP contribution in [0, 0.1) is 5.92 Å². The lowest BCUT2D eigenvalue weighted by Crippen LogP contribution is -2.48. The third-order valence-electron chi connectivity index (χ3n) is 7.36. The molecule has 1 aliphatic heterocycles. The lowest BCUT2D eigenvalue weighted by molar-refractivity contribution is -0.134. The van der Waals surface area contributed by atoms with E-state index in [9.17, 15) is 23.1 Å². The number of aliphatic hydroxyl groups is 1. The first-order valence-corrected chi connectivity index (χ1v) is 15.4. The number of aliphatic hydroxyl groups excluding tert-OH is 1. The molecule has 3 aromatic rings. The Hall–Kier alpha value is -4.29. The van der Waals surface area contributed by atoms with Gasteiger partial charge >= 0.3 is 6.03 Å². The van der Waals surface area contributed by atoms with Crippen molar-refractivity contribution in [1.82, 2.24) is 9.80 Å². The Morgan fingerprint density at radius 2 is 1.79 bits per heavy atom. The van der Waals surface area contributed by atoms with E-state index in [1.54, 1.807) is 86.6 Å². The highest BCUT2D eigenvalue weighted by molar-refractivity contribution is 7.92. The molecule has 1 aliphatic rings. The van der Waals surface area contributed by atoms with Crippen molar-refractivity contribution in [2.24, 2.45) is 5.92 Å². The maximum absolute atomic E-state index is 13.5. The van der Waals surface area contributed by atoms with E-state index >= 15 is 0 Å². The molecule has 0 bridgehead atoms. The van der Waals surface area contributed by atoms with Crippen LogP contribution in [0.2, 0.25) is 0 Å². The zero-order valence-electron chi connectivity index (χ0n) is 24.7. The second kappa shape index (κ2) is 13.8. The number of nitrogens with zero attached hydrogens (tertiary/aromatic N) is 2. The fourth-order valence-electron chi connectivity index (χ4n) is 4.77. The monoisotopic (exact) mass is 610 g/mol. The van der Waals surface area contributed by atoms with Crippen LogP contribution in [0.4, 0.5) is 16.2 Å². The highest BCUT2D eigenvalue weighted by Gasteiger charge is 2.32. The minimum absolute atomic E-state index is 0.0617. The first-order chi connectivity index (χ1) is 20.5. The molecule has 0 radical (unpaired) electrons. The summed E-state index contributed by atoms with van der Waals surface area (Å²) in [7, 11) is -0.634. The Bertz CT molecular complexity index is 1520. The van der Waals surface area contributed by atoms with Crippen molar-refractivity contribution in [3.63, 3.8) is 0 Å². The Kier molecular flexibility index (Phi) is 10.1. The maximum atomic E-state index is 13.5. The van der Waals surface area contributed by atoms with Crippen LogP contribution in [0.3, 0.4) is 0 Å². The molecule has 0 spiro atoms.